The minimum absolute atomic E-state index is 0.408. The summed E-state index contributed by atoms with van der Waals surface area (Å²) in [6.45, 7) is 0. The summed E-state index contributed by atoms with van der Waals surface area (Å²) < 4.78 is 0. The van der Waals surface area contributed by atoms with E-state index in [4.69, 9.17) is 10.8 Å². The highest BCUT2D eigenvalue weighted by molar-refractivity contribution is 5.83. The van der Waals surface area contributed by atoms with Crippen molar-refractivity contribution in [2.45, 2.75) is 31.2 Å². The zero-order valence-electron chi connectivity index (χ0n) is 6.82. The standard InChI is InChI=1S/C8H13NO3/c9-8(7(11)12)4-2-1-3-6(8)5-10/h5-6H,1-4,9H2,(H,11,12). The molecule has 1 aliphatic rings. The van der Waals surface area contributed by atoms with Crippen molar-refractivity contribution in [2.75, 3.05) is 0 Å². The van der Waals surface area contributed by atoms with Crippen LogP contribution in [0, 0.1) is 5.92 Å². The van der Waals surface area contributed by atoms with Crippen molar-refractivity contribution in [2.24, 2.45) is 11.7 Å². The van der Waals surface area contributed by atoms with Crippen LogP contribution in [0.3, 0.4) is 0 Å². The van der Waals surface area contributed by atoms with Crippen LogP contribution in [-0.4, -0.2) is 22.9 Å². The molecule has 3 N–H and O–H groups in total. The first-order valence-corrected chi connectivity index (χ1v) is 4.09. The van der Waals surface area contributed by atoms with Crippen molar-refractivity contribution >= 4 is 12.3 Å². The quantitative estimate of drug-likeness (QED) is 0.580. The van der Waals surface area contributed by atoms with Crippen molar-refractivity contribution in [3.63, 3.8) is 0 Å². The molecule has 0 radical (unpaired) electrons. The largest absolute Gasteiger partial charge is 0.480 e. The molecule has 12 heavy (non-hydrogen) atoms. The van der Waals surface area contributed by atoms with Crippen LogP contribution in [0.15, 0.2) is 0 Å². The number of carbonyl (C=O) groups is 2. The number of hydrogen-bond acceptors (Lipinski definition) is 3. The average Bonchev–Trinajstić information content (AvgIpc) is 2.05. The molecule has 4 heteroatoms. The summed E-state index contributed by atoms with van der Waals surface area (Å²) >= 11 is 0. The van der Waals surface area contributed by atoms with Gasteiger partial charge in [-0.3, -0.25) is 4.79 Å². The number of carboxylic acid groups (broad SMARTS) is 1. The van der Waals surface area contributed by atoms with Crippen LogP contribution in [0.4, 0.5) is 0 Å². The van der Waals surface area contributed by atoms with Crippen molar-refractivity contribution < 1.29 is 14.7 Å². The molecule has 2 atom stereocenters. The minimum Gasteiger partial charge on any atom is -0.480 e. The third kappa shape index (κ3) is 1.34. The molecule has 0 heterocycles. The summed E-state index contributed by atoms with van der Waals surface area (Å²) in [7, 11) is 0. The number of carboxylic acids is 1. The summed E-state index contributed by atoms with van der Waals surface area (Å²) in [6.07, 6.45) is 3.38. The van der Waals surface area contributed by atoms with Gasteiger partial charge in [-0.1, -0.05) is 12.8 Å². The van der Waals surface area contributed by atoms with E-state index in [0.717, 1.165) is 12.8 Å². The summed E-state index contributed by atoms with van der Waals surface area (Å²) in [6, 6.07) is 0. The Morgan fingerprint density at radius 2 is 2.25 bits per heavy atom. The van der Waals surface area contributed by atoms with Crippen LogP contribution in [0.25, 0.3) is 0 Å². The summed E-state index contributed by atoms with van der Waals surface area (Å²) in [5.74, 6) is -1.57. The van der Waals surface area contributed by atoms with E-state index in [2.05, 4.69) is 0 Å². The Kier molecular flexibility index (Phi) is 2.47. The molecule has 0 spiro atoms. The van der Waals surface area contributed by atoms with E-state index in [1.807, 2.05) is 0 Å². The lowest BCUT2D eigenvalue weighted by atomic mass is 9.74. The summed E-state index contributed by atoms with van der Waals surface area (Å²) in [5.41, 5.74) is 4.32. The molecule has 0 aromatic rings. The van der Waals surface area contributed by atoms with Crippen LogP contribution < -0.4 is 5.73 Å². The Morgan fingerprint density at radius 1 is 1.58 bits per heavy atom. The second-order valence-electron chi connectivity index (χ2n) is 3.33. The lowest BCUT2D eigenvalue weighted by molar-refractivity contribution is -0.148. The van der Waals surface area contributed by atoms with Gasteiger partial charge in [-0.15, -0.1) is 0 Å². The van der Waals surface area contributed by atoms with Crippen molar-refractivity contribution in [1.29, 1.82) is 0 Å². The lowest BCUT2D eigenvalue weighted by Gasteiger charge is -2.34. The van der Waals surface area contributed by atoms with E-state index in [0.29, 0.717) is 19.1 Å². The molecule has 0 bridgehead atoms. The van der Waals surface area contributed by atoms with Crippen LogP contribution in [-0.2, 0) is 9.59 Å². The zero-order chi connectivity index (χ0) is 9.19. The van der Waals surface area contributed by atoms with Gasteiger partial charge in [0.05, 0.1) is 0 Å². The first-order valence-electron chi connectivity index (χ1n) is 4.09. The Labute approximate surface area is 70.7 Å². The van der Waals surface area contributed by atoms with E-state index in [-0.39, 0.29) is 0 Å². The van der Waals surface area contributed by atoms with Gasteiger partial charge >= 0.3 is 5.97 Å². The Morgan fingerprint density at radius 3 is 2.67 bits per heavy atom. The van der Waals surface area contributed by atoms with Crippen molar-refractivity contribution in [1.82, 2.24) is 0 Å². The first-order chi connectivity index (χ1) is 5.61. The smallest absolute Gasteiger partial charge is 0.324 e. The molecular formula is C8H13NO3. The second-order valence-corrected chi connectivity index (χ2v) is 3.33. The number of aldehydes is 1. The normalized spacial score (nSPS) is 35.9. The van der Waals surface area contributed by atoms with Crippen molar-refractivity contribution in [3.05, 3.63) is 0 Å². The van der Waals surface area contributed by atoms with Gasteiger partial charge in [0, 0.05) is 5.92 Å². The van der Waals surface area contributed by atoms with E-state index in [1.165, 1.54) is 0 Å². The Bertz CT molecular complexity index is 204. The van der Waals surface area contributed by atoms with E-state index in [1.54, 1.807) is 0 Å². The fraction of sp³-hybridized carbons (Fsp3) is 0.750. The van der Waals surface area contributed by atoms with Gasteiger partial charge in [0.15, 0.2) is 0 Å². The van der Waals surface area contributed by atoms with Crippen LogP contribution >= 0.6 is 0 Å². The number of carbonyl (C=O) groups excluding carboxylic acids is 1. The number of aliphatic carboxylic acids is 1. The van der Waals surface area contributed by atoms with Gasteiger partial charge in [0.1, 0.15) is 11.8 Å². The average molecular weight is 171 g/mol. The maximum absolute atomic E-state index is 10.8. The van der Waals surface area contributed by atoms with Crippen LogP contribution in [0.2, 0.25) is 0 Å². The van der Waals surface area contributed by atoms with Gasteiger partial charge < -0.3 is 15.6 Å². The molecule has 4 nitrogen and oxygen atoms in total. The molecule has 1 fully saturated rings. The molecule has 1 aliphatic carbocycles. The molecule has 1 rings (SSSR count). The van der Waals surface area contributed by atoms with Crippen LogP contribution in [0.1, 0.15) is 25.7 Å². The van der Waals surface area contributed by atoms with Gasteiger partial charge in [0.25, 0.3) is 0 Å². The molecule has 0 amide bonds. The fourth-order valence-electron chi connectivity index (χ4n) is 1.68. The fourth-order valence-corrected chi connectivity index (χ4v) is 1.68. The molecule has 0 aromatic carbocycles. The molecule has 1 saturated carbocycles. The van der Waals surface area contributed by atoms with E-state index < -0.39 is 17.4 Å². The maximum atomic E-state index is 10.8. The van der Waals surface area contributed by atoms with Gasteiger partial charge in [0.2, 0.25) is 0 Å². The van der Waals surface area contributed by atoms with Crippen molar-refractivity contribution in [3.8, 4) is 0 Å². The SMILES string of the molecule is NC1(C(=O)O)CCCCC1C=O. The predicted molar refractivity (Wildman–Crippen MR) is 42.6 cm³/mol. The van der Waals surface area contributed by atoms with Gasteiger partial charge in [-0.05, 0) is 12.8 Å². The van der Waals surface area contributed by atoms with Gasteiger partial charge in [-0.2, -0.15) is 0 Å². The summed E-state index contributed by atoms with van der Waals surface area (Å²) in [4.78, 5) is 21.3. The number of nitrogens with two attached hydrogens (primary N) is 1. The number of rotatable bonds is 2. The molecule has 0 saturated heterocycles. The molecule has 0 aromatic heterocycles. The Balaban J connectivity index is 2.82. The van der Waals surface area contributed by atoms with E-state index in [9.17, 15) is 9.59 Å². The Hall–Kier alpha value is -0.900. The molecule has 68 valence electrons. The first kappa shape index (κ1) is 9.19. The highest BCUT2D eigenvalue weighted by atomic mass is 16.4. The highest BCUT2D eigenvalue weighted by Gasteiger charge is 2.43. The maximum Gasteiger partial charge on any atom is 0.324 e. The topological polar surface area (TPSA) is 80.4 Å². The third-order valence-electron chi connectivity index (χ3n) is 2.58. The molecule has 2 unspecified atom stereocenters. The number of hydrogen-bond donors (Lipinski definition) is 2. The zero-order valence-corrected chi connectivity index (χ0v) is 6.82. The lowest BCUT2D eigenvalue weighted by Crippen LogP contribution is -2.56. The minimum atomic E-state index is -1.31. The second kappa shape index (κ2) is 3.23. The third-order valence-corrected chi connectivity index (χ3v) is 2.58. The van der Waals surface area contributed by atoms with Crippen LogP contribution in [0.5, 0.6) is 0 Å². The predicted octanol–water partition coefficient (Wildman–Crippen LogP) is 0.158. The summed E-state index contributed by atoms with van der Waals surface area (Å²) in [5, 5.41) is 8.82. The molecular weight excluding hydrogens is 158 g/mol. The highest BCUT2D eigenvalue weighted by Crippen LogP contribution is 2.30. The monoisotopic (exact) mass is 171 g/mol. The van der Waals surface area contributed by atoms with E-state index >= 15 is 0 Å². The molecule has 0 aliphatic heterocycles. The van der Waals surface area contributed by atoms with Gasteiger partial charge in [-0.25, -0.2) is 0 Å².